The van der Waals surface area contributed by atoms with E-state index in [1.54, 1.807) is 12.4 Å². The van der Waals surface area contributed by atoms with Crippen molar-refractivity contribution in [2.24, 2.45) is 17.8 Å². The quantitative estimate of drug-likeness (QED) is 0.667. The number of aromatic nitrogens is 1. The van der Waals surface area contributed by atoms with Gasteiger partial charge in [0.05, 0.1) is 11.4 Å². The summed E-state index contributed by atoms with van der Waals surface area (Å²) in [5, 5.41) is 3.97. The van der Waals surface area contributed by atoms with Crippen LogP contribution in [0.3, 0.4) is 0 Å². The fourth-order valence-corrected chi connectivity index (χ4v) is 5.90. The van der Waals surface area contributed by atoms with Crippen molar-refractivity contribution in [2.75, 3.05) is 0 Å². The molecule has 1 fully saturated rings. The second-order valence-corrected chi connectivity index (χ2v) is 10.2. The van der Waals surface area contributed by atoms with Crippen LogP contribution in [0.15, 0.2) is 54.9 Å². The second kappa shape index (κ2) is 9.14. The summed E-state index contributed by atoms with van der Waals surface area (Å²) in [6.07, 6.45) is 6.88. The molecule has 1 aliphatic rings. The van der Waals surface area contributed by atoms with Gasteiger partial charge in [-0.15, -0.1) is 0 Å². The Morgan fingerprint density at radius 2 is 1.96 bits per heavy atom. The highest BCUT2D eigenvalue weighted by molar-refractivity contribution is 7.65. The molecule has 146 valence electrons. The highest BCUT2D eigenvalue weighted by Crippen LogP contribution is 2.48. The molecule has 0 saturated heterocycles. The Balaban J connectivity index is 1.84. The molecule has 0 spiro atoms. The number of benzene rings is 1. The first-order valence-corrected chi connectivity index (χ1v) is 11.6. The van der Waals surface area contributed by atoms with Crippen LogP contribution < -0.4 is 10.4 Å². The van der Waals surface area contributed by atoms with Gasteiger partial charge in [-0.3, -0.25) is 9.55 Å². The van der Waals surface area contributed by atoms with E-state index in [1.807, 2.05) is 42.5 Å². The first-order valence-electron chi connectivity index (χ1n) is 9.96. The highest BCUT2D eigenvalue weighted by atomic mass is 31.2. The van der Waals surface area contributed by atoms with Crippen LogP contribution in [0.4, 0.5) is 0 Å². The van der Waals surface area contributed by atoms with Crippen molar-refractivity contribution in [2.45, 2.75) is 52.7 Å². The number of pyridine rings is 1. The Morgan fingerprint density at radius 3 is 2.63 bits per heavy atom. The Kier molecular flexibility index (Phi) is 6.86. The summed E-state index contributed by atoms with van der Waals surface area (Å²) in [6.45, 7) is 7.22. The van der Waals surface area contributed by atoms with Gasteiger partial charge < -0.3 is 4.52 Å². The third kappa shape index (κ3) is 5.28. The molecule has 0 bridgehead atoms. The topological polar surface area (TPSA) is 51.2 Å². The SMILES string of the molecule is CC(C)[C@H]1CC[C@@H](C)C[C@@H]1O[P@@](=O)(NCc1cccnc1)c1ccccc1. The first kappa shape index (κ1) is 20.3. The summed E-state index contributed by atoms with van der Waals surface area (Å²) in [6, 6.07) is 13.4. The summed E-state index contributed by atoms with van der Waals surface area (Å²) in [5.74, 6) is 1.57. The predicted molar refractivity (Wildman–Crippen MR) is 111 cm³/mol. The van der Waals surface area contributed by atoms with Crippen LogP contribution in [0.25, 0.3) is 0 Å². The molecule has 27 heavy (non-hydrogen) atoms. The number of rotatable bonds is 7. The van der Waals surface area contributed by atoms with Crippen molar-refractivity contribution in [1.29, 1.82) is 0 Å². The van der Waals surface area contributed by atoms with E-state index in [1.165, 1.54) is 6.42 Å². The summed E-state index contributed by atoms with van der Waals surface area (Å²) in [5.41, 5.74) is 0.995. The molecule has 1 saturated carbocycles. The molecule has 3 rings (SSSR count). The molecule has 5 heteroatoms. The van der Waals surface area contributed by atoms with Gasteiger partial charge in [-0.25, -0.2) is 5.09 Å². The Morgan fingerprint density at radius 1 is 1.19 bits per heavy atom. The smallest absolute Gasteiger partial charge is 0.300 e. The van der Waals surface area contributed by atoms with Crippen LogP contribution in [-0.4, -0.2) is 11.1 Å². The van der Waals surface area contributed by atoms with Gasteiger partial charge in [0, 0.05) is 18.9 Å². The summed E-state index contributed by atoms with van der Waals surface area (Å²) >= 11 is 0. The molecule has 0 aliphatic heterocycles. The van der Waals surface area contributed by atoms with E-state index in [-0.39, 0.29) is 6.10 Å². The van der Waals surface area contributed by atoms with Crippen molar-refractivity contribution < 1.29 is 9.09 Å². The van der Waals surface area contributed by atoms with E-state index >= 15 is 0 Å². The lowest BCUT2D eigenvalue weighted by atomic mass is 9.75. The van der Waals surface area contributed by atoms with Gasteiger partial charge in [-0.1, -0.05) is 51.5 Å². The van der Waals surface area contributed by atoms with Gasteiger partial charge in [0.1, 0.15) is 0 Å². The lowest BCUT2D eigenvalue weighted by Crippen LogP contribution is -2.36. The van der Waals surface area contributed by atoms with Gasteiger partial charge in [0.15, 0.2) is 0 Å². The van der Waals surface area contributed by atoms with Crippen molar-refractivity contribution in [1.82, 2.24) is 10.1 Å². The average molecular weight is 386 g/mol. The molecule has 1 aromatic carbocycles. The van der Waals surface area contributed by atoms with Crippen LogP contribution >= 0.6 is 7.52 Å². The minimum Gasteiger partial charge on any atom is -0.311 e. The molecular formula is C22H31N2O2P. The zero-order chi connectivity index (χ0) is 19.3. The number of hydrogen-bond donors (Lipinski definition) is 1. The monoisotopic (exact) mass is 386 g/mol. The van der Waals surface area contributed by atoms with Gasteiger partial charge in [0.25, 0.3) is 7.52 Å². The van der Waals surface area contributed by atoms with Crippen molar-refractivity contribution in [3.63, 3.8) is 0 Å². The van der Waals surface area contributed by atoms with E-state index in [0.717, 1.165) is 23.7 Å². The van der Waals surface area contributed by atoms with E-state index in [4.69, 9.17) is 4.52 Å². The number of nitrogens with zero attached hydrogens (tertiary/aromatic N) is 1. The Hall–Kier alpha value is -1.48. The van der Waals surface area contributed by atoms with Gasteiger partial charge in [-0.2, -0.15) is 0 Å². The number of hydrogen-bond acceptors (Lipinski definition) is 3. The molecular weight excluding hydrogens is 355 g/mol. The van der Waals surface area contributed by atoms with Crippen LogP contribution in [0.5, 0.6) is 0 Å². The Bertz CT molecular complexity index is 751. The normalized spacial score (nSPS) is 25.3. The highest BCUT2D eigenvalue weighted by Gasteiger charge is 2.37. The van der Waals surface area contributed by atoms with Gasteiger partial charge >= 0.3 is 0 Å². The lowest BCUT2D eigenvalue weighted by molar-refractivity contribution is 0.0483. The first-order chi connectivity index (χ1) is 13.0. The number of nitrogens with one attached hydrogen (secondary N) is 1. The van der Waals surface area contributed by atoms with Gasteiger partial charge in [0.2, 0.25) is 0 Å². The average Bonchev–Trinajstić information content (AvgIpc) is 2.68. The minimum absolute atomic E-state index is 0.0150. The van der Waals surface area contributed by atoms with Gasteiger partial charge in [-0.05, 0) is 54.4 Å². The maximum absolute atomic E-state index is 14.0. The Labute approximate surface area is 163 Å². The van der Waals surface area contributed by atoms with Crippen LogP contribution in [0.2, 0.25) is 0 Å². The maximum atomic E-state index is 14.0. The molecule has 0 unspecified atom stereocenters. The summed E-state index contributed by atoms with van der Waals surface area (Å²) in [4.78, 5) is 4.15. The molecule has 4 nitrogen and oxygen atoms in total. The predicted octanol–water partition coefficient (Wildman–Crippen LogP) is 5.17. The largest absolute Gasteiger partial charge is 0.311 e. The molecule has 1 aromatic heterocycles. The lowest BCUT2D eigenvalue weighted by Gasteiger charge is -2.39. The molecule has 1 aliphatic carbocycles. The molecule has 0 radical (unpaired) electrons. The molecule has 1 heterocycles. The fourth-order valence-electron chi connectivity index (χ4n) is 3.94. The van der Waals surface area contributed by atoms with E-state index in [9.17, 15) is 4.57 Å². The fraction of sp³-hybridized carbons (Fsp3) is 0.500. The van der Waals surface area contributed by atoms with Crippen molar-refractivity contribution in [3.05, 3.63) is 60.4 Å². The van der Waals surface area contributed by atoms with Crippen LogP contribution in [-0.2, 0) is 15.6 Å². The van der Waals surface area contributed by atoms with Crippen molar-refractivity contribution in [3.8, 4) is 0 Å². The van der Waals surface area contributed by atoms with Crippen molar-refractivity contribution >= 4 is 12.8 Å². The van der Waals surface area contributed by atoms with E-state index < -0.39 is 7.52 Å². The standard InChI is InChI=1S/C22H31N2O2P/c1-17(2)21-12-11-18(3)14-22(21)26-27(25,20-9-5-4-6-10-20)24-16-19-8-7-13-23-15-19/h4-10,13,15,17-18,21-22H,11-12,14,16H2,1-3H3,(H,24,25)/t18-,21-,22+,27-/m1/s1. The molecule has 2 aromatic rings. The maximum Gasteiger partial charge on any atom is 0.300 e. The molecule has 4 atom stereocenters. The van der Waals surface area contributed by atoms with E-state index in [0.29, 0.717) is 24.3 Å². The zero-order valence-electron chi connectivity index (χ0n) is 16.5. The summed E-state index contributed by atoms with van der Waals surface area (Å²) in [7, 11) is -3.19. The summed E-state index contributed by atoms with van der Waals surface area (Å²) < 4.78 is 20.4. The third-order valence-corrected chi connectivity index (χ3v) is 7.68. The molecule has 1 N–H and O–H groups in total. The minimum atomic E-state index is -3.19. The second-order valence-electron chi connectivity index (χ2n) is 8.05. The zero-order valence-corrected chi connectivity index (χ0v) is 17.4. The van der Waals surface area contributed by atoms with E-state index in [2.05, 4.69) is 30.8 Å². The molecule has 0 amide bonds. The third-order valence-electron chi connectivity index (χ3n) is 5.56. The van der Waals surface area contributed by atoms with Crippen LogP contribution in [0, 0.1) is 17.8 Å². The van der Waals surface area contributed by atoms with Crippen LogP contribution in [0.1, 0.15) is 45.6 Å².